The van der Waals surface area contributed by atoms with Crippen LogP contribution < -0.4 is 5.32 Å². The van der Waals surface area contributed by atoms with Crippen molar-refractivity contribution < 1.29 is 26.7 Å². The number of nitrogens with one attached hydrogen (secondary N) is 1. The van der Waals surface area contributed by atoms with Gasteiger partial charge < -0.3 is 5.32 Å². The minimum Gasteiger partial charge on any atom is -0.321 e. The van der Waals surface area contributed by atoms with E-state index in [9.17, 15) is 26.7 Å². The predicted molar refractivity (Wildman–Crippen MR) is 92.5 cm³/mol. The lowest BCUT2D eigenvalue weighted by molar-refractivity contribution is 0.0113. The Labute approximate surface area is 156 Å². The smallest absolute Gasteiger partial charge is 0.289 e. The standard InChI is InChI=1S/C19H14F5N3O/c1-19(23,24)17-12(9-27(2)26-17)18(28)25-16-6-4-3-5-10(16)11-7-14(21)15(22)8-13(11)20/h3-9H,1-2H3,(H,25,28). The predicted octanol–water partition coefficient (Wildman–Crippen LogP) is 4.87. The van der Waals surface area contributed by atoms with Gasteiger partial charge in [-0.1, -0.05) is 18.2 Å². The molecule has 146 valence electrons. The van der Waals surface area contributed by atoms with Gasteiger partial charge in [-0.25, -0.2) is 13.2 Å². The number of hydrogen-bond donors (Lipinski definition) is 1. The Hall–Kier alpha value is -3.23. The Morgan fingerprint density at radius 2 is 1.68 bits per heavy atom. The molecule has 28 heavy (non-hydrogen) atoms. The first-order valence-electron chi connectivity index (χ1n) is 8.05. The van der Waals surface area contributed by atoms with E-state index in [1.165, 1.54) is 31.3 Å². The highest BCUT2D eigenvalue weighted by molar-refractivity contribution is 6.07. The zero-order valence-electron chi connectivity index (χ0n) is 14.7. The van der Waals surface area contributed by atoms with Crippen LogP contribution in [-0.2, 0) is 13.0 Å². The molecular formula is C19H14F5N3O. The SMILES string of the molecule is Cn1cc(C(=O)Nc2ccccc2-c2cc(F)c(F)cc2F)c(C(C)(F)F)n1. The van der Waals surface area contributed by atoms with Gasteiger partial charge in [-0.05, 0) is 12.1 Å². The fraction of sp³-hybridized carbons (Fsp3) is 0.158. The largest absolute Gasteiger partial charge is 0.321 e. The number of amides is 1. The second-order valence-electron chi connectivity index (χ2n) is 6.20. The number of rotatable bonds is 4. The Bertz CT molecular complexity index is 1060. The first-order valence-corrected chi connectivity index (χ1v) is 8.05. The zero-order chi connectivity index (χ0) is 20.6. The third kappa shape index (κ3) is 3.73. The van der Waals surface area contributed by atoms with Crippen LogP contribution in [0.25, 0.3) is 11.1 Å². The third-order valence-corrected chi connectivity index (χ3v) is 3.96. The minimum atomic E-state index is -3.36. The lowest BCUT2D eigenvalue weighted by Gasteiger charge is -2.13. The molecule has 1 N–H and O–H groups in total. The highest BCUT2D eigenvalue weighted by atomic mass is 19.3. The summed E-state index contributed by atoms with van der Waals surface area (Å²) in [6, 6.07) is 6.82. The van der Waals surface area contributed by atoms with Crippen LogP contribution in [-0.4, -0.2) is 15.7 Å². The average molecular weight is 395 g/mol. The van der Waals surface area contributed by atoms with Crippen LogP contribution in [0.4, 0.5) is 27.6 Å². The van der Waals surface area contributed by atoms with E-state index in [4.69, 9.17) is 0 Å². The molecule has 1 heterocycles. The summed E-state index contributed by atoms with van der Waals surface area (Å²) < 4.78 is 69.4. The number of aromatic nitrogens is 2. The van der Waals surface area contributed by atoms with Gasteiger partial charge in [0.1, 0.15) is 11.5 Å². The lowest BCUT2D eigenvalue weighted by atomic mass is 10.0. The Morgan fingerprint density at radius 3 is 2.36 bits per heavy atom. The van der Waals surface area contributed by atoms with Gasteiger partial charge in [0.2, 0.25) is 0 Å². The second-order valence-corrected chi connectivity index (χ2v) is 6.20. The highest BCUT2D eigenvalue weighted by Gasteiger charge is 2.34. The summed E-state index contributed by atoms with van der Waals surface area (Å²) in [4.78, 5) is 12.6. The van der Waals surface area contributed by atoms with Crippen molar-refractivity contribution in [1.29, 1.82) is 0 Å². The number of carbonyl (C=O) groups is 1. The molecule has 0 bridgehead atoms. The number of para-hydroxylation sites is 1. The number of anilines is 1. The number of alkyl halides is 2. The first kappa shape index (κ1) is 19.5. The van der Waals surface area contributed by atoms with Crippen LogP contribution in [0.5, 0.6) is 0 Å². The summed E-state index contributed by atoms with van der Waals surface area (Å²) >= 11 is 0. The Kier molecular flexibility index (Phi) is 4.93. The summed E-state index contributed by atoms with van der Waals surface area (Å²) in [7, 11) is 1.39. The van der Waals surface area contributed by atoms with E-state index < -0.39 is 35.0 Å². The van der Waals surface area contributed by atoms with Gasteiger partial charge in [-0.2, -0.15) is 13.9 Å². The highest BCUT2D eigenvalue weighted by Crippen LogP contribution is 2.33. The minimum absolute atomic E-state index is 0.0339. The topological polar surface area (TPSA) is 46.9 Å². The zero-order valence-corrected chi connectivity index (χ0v) is 14.7. The molecule has 0 aliphatic carbocycles. The van der Waals surface area contributed by atoms with Gasteiger partial charge in [-0.15, -0.1) is 0 Å². The number of hydrogen-bond acceptors (Lipinski definition) is 2. The van der Waals surface area contributed by atoms with E-state index in [1.807, 2.05) is 0 Å². The molecule has 0 fully saturated rings. The maximum Gasteiger partial charge on any atom is 0.289 e. The summed E-state index contributed by atoms with van der Waals surface area (Å²) in [6.45, 7) is 0.608. The van der Waals surface area contributed by atoms with Crippen LogP contribution in [0.1, 0.15) is 23.0 Å². The first-order chi connectivity index (χ1) is 13.1. The van der Waals surface area contributed by atoms with Crippen molar-refractivity contribution in [2.45, 2.75) is 12.8 Å². The van der Waals surface area contributed by atoms with Crippen LogP contribution in [0.2, 0.25) is 0 Å². The molecule has 9 heteroatoms. The molecule has 2 aromatic carbocycles. The van der Waals surface area contributed by atoms with Gasteiger partial charge in [0.15, 0.2) is 11.6 Å². The molecule has 0 radical (unpaired) electrons. The third-order valence-electron chi connectivity index (χ3n) is 3.96. The van der Waals surface area contributed by atoms with E-state index in [0.717, 1.165) is 10.9 Å². The van der Waals surface area contributed by atoms with Gasteiger partial charge in [0.05, 0.1) is 5.56 Å². The fourth-order valence-corrected chi connectivity index (χ4v) is 2.72. The maximum atomic E-state index is 14.1. The van der Waals surface area contributed by atoms with Gasteiger partial charge in [-0.3, -0.25) is 9.48 Å². The molecular weight excluding hydrogens is 381 g/mol. The molecule has 1 aromatic heterocycles. The van der Waals surface area contributed by atoms with Crippen molar-refractivity contribution >= 4 is 11.6 Å². The quantitative estimate of drug-likeness (QED) is 0.506. The summed E-state index contributed by atoms with van der Waals surface area (Å²) in [5.74, 6) is -7.92. The van der Waals surface area contributed by atoms with Gasteiger partial charge in [0.25, 0.3) is 11.8 Å². The van der Waals surface area contributed by atoms with Crippen molar-refractivity contribution in [2.75, 3.05) is 5.32 Å². The number of halogens is 5. The van der Waals surface area contributed by atoms with E-state index >= 15 is 0 Å². The van der Waals surface area contributed by atoms with Crippen molar-refractivity contribution in [3.63, 3.8) is 0 Å². The normalized spacial score (nSPS) is 11.5. The molecule has 0 aliphatic rings. The van der Waals surface area contributed by atoms with E-state index in [-0.39, 0.29) is 22.4 Å². The average Bonchev–Trinajstić information content (AvgIpc) is 3.01. The number of aryl methyl sites for hydroxylation is 1. The molecule has 1 amide bonds. The second kappa shape index (κ2) is 7.06. The molecule has 0 saturated heterocycles. The fourth-order valence-electron chi connectivity index (χ4n) is 2.72. The molecule has 0 spiro atoms. The number of benzene rings is 2. The number of nitrogens with zero attached hydrogens (tertiary/aromatic N) is 2. The van der Waals surface area contributed by atoms with E-state index in [2.05, 4.69) is 10.4 Å². The maximum absolute atomic E-state index is 14.1. The Morgan fingerprint density at radius 1 is 1.04 bits per heavy atom. The summed E-state index contributed by atoms with van der Waals surface area (Å²) in [5.41, 5.74) is -1.28. The van der Waals surface area contributed by atoms with Crippen molar-refractivity contribution in [1.82, 2.24) is 9.78 Å². The molecule has 3 aromatic rings. The van der Waals surface area contributed by atoms with Crippen LogP contribution in [0.15, 0.2) is 42.6 Å². The molecule has 0 saturated carbocycles. The van der Waals surface area contributed by atoms with E-state index in [1.54, 1.807) is 0 Å². The molecule has 0 unspecified atom stereocenters. The van der Waals surface area contributed by atoms with Crippen molar-refractivity contribution in [3.8, 4) is 11.1 Å². The van der Waals surface area contributed by atoms with Gasteiger partial charge >= 0.3 is 0 Å². The van der Waals surface area contributed by atoms with Crippen molar-refractivity contribution in [2.24, 2.45) is 7.05 Å². The Balaban J connectivity index is 2.02. The molecule has 0 aliphatic heterocycles. The monoisotopic (exact) mass is 395 g/mol. The van der Waals surface area contributed by atoms with Crippen LogP contribution in [0.3, 0.4) is 0 Å². The molecule has 0 atom stereocenters. The van der Waals surface area contributed by atoms with Crippen LogP contribution >= 0.6 is 0 Å². The summed E-state index contributed by atoms with van der Waals surface area (Å²) in [5, 5.41) is 6.02. The van der Waals surface area contributed by atoms with Crippen LogP contribution in [0, 0.1) is 17.5 Å². The van der Waals surface area contributed by atoms with E-state index in [0.29, 0.717) is 19.1 Å². The number of carbonyl (C=O) groups excluding carboxylic acids is 1. The molecule has 4 nitrogen and oxygen atoms in total. The lowest BCUT2D eigenvalue weighted by Crippen LogP contribution is -2.19. The summed E-state index contributed by atoms with van der Waals surface area (Å²) in [6.07, 6.45) is 1.13. The van der Waals surface area contributed by atoms with Crippen molar-refractivity contribution in [3.05, 3.63) is 71.3 Å². The van der Waals surface area contributed by atoms with Gasteiger partial charge in [0, 0.05) is 43.0 Å². The molecule has 3 rings (SSSR count).